The Labute approximate surface area is 82.1 Å². The summed E-state index contributed by atoms with van der Waals surface area (Å²) >= 11 is 0. The molecule has 4 nitrogen and oxygen atoms in total. The summed E-state index contributed by atoms with van der Waals surface area (Å²) in [6, 6.07) is 3.50. The van der Waals surface area contributed by atoms with Crippen LogP contribution in [0.5, 0.6) is 5.88 Å². The molecular weight excluding hydrogens is 180 g/mol. The zero-order valence-electron chi connectivity index (χ0n) is 7.99. The van der Waals surface area contributed by atoms with Gasteiger partial charge in [0.1, 0.15) is 5.69 Å². The Morgan fingerprint density at radius 2 is 2.43 bits per heavy atom. The fourth-order valence-electron chi connectivity index (χ4n) is 1.54. The van der Waals surface area contributed by atoms with Gasteiger partial charge in [0.25, 0.3) is 5.91 Å². The van der Waals surface area contributed by atoms with Crippen molar-refractivity contribution in [1.29, 1.82) is 0 Å². The van der Waals surface area contributed by atoms with Gasteiger partial charge >= 0.3 is 0 Å². The van der Waals surface area contributed by atoms with E-state index in [2.05, 4.69) is 11.9 Å². The lowest BCUT2D eigenvalue weighted by atomic mass is 10.0. The molecule has 2 heterocycles. The highest BCUT2D eigenvalue weighted by Gasteiger charge is 2.18. The summed E-state index contributed by atoms with van der Waals surface area (Å²) in [7, 11) is 0. The molecule has 0 aromatic carbocycles. The zero-order chi connectivity index (χ0) is 10.1. The van der Waals surface area contributed by atoms with Crippen molar-refractivity contribution in [3.05, 3.63) is 23.4 Å². The van der Waals surface area contributed by atoms with Gasteiger partial charge in [-0.1, -0.05) is 13.0 Å². The third-order valence-corrected chi connectivity index (χ3v) is 2.26. The minimum absolute atomic E-state index is 0.262. The Hall–Kier alpha value is -1.58. The molecule has 0 bridgehead atoms. The second kappa shape index (κ2) is 3.29. The summed E-state index contributed by atoms with van der Waals surface area (Å²) in [5, 5.41) is 0. The third-order valence-electron chi connectivity index (χ3n) is 2.26. The van der Waals surface area contributed by atoms with Crippen molar-refractivity contribution in [3.63, 3.8) is 0 Å². The van der Waals surface area contributed by atoms with E-state index in [9.17, 15) is 4.79 Å². The van der Waals surface area contributed by atoms with Gasteiger partial charge in [0.2, 0.25) is 5.88 Å². The summed E-state index contributed by atoms with van der Waals surface area (Å²) in [5.41, 5.74) is 6.43. The number of aromatic nitrogens is 1. The van der Waals surface area contributed by atoms with Crippen LogP contribution in [0.1, 0.15) is 23.0 Å². The first-order chi connectivity index (χ1) is 6.66. The van der Waals surface area contributed by atoms with E-state index in [1.807, 2.05) is 6.07 Å². The van der Waals surface area contributed by atoms with Crippen molar-refractivity contribution in [1.82, 2.24) is 4.98 Å². The molecule has 1 unspecified atom stereocenters. The van der Waals surface area contributed by atoms with Crippen LogP contribution in [0.25, 0.3) is 0 Å². The highest BCUT2D eigenvalue weighted by Crippen LogP contribution is 2.24. The first-order valence-electron chi connectivity index (χ1n) is 4.59. The normalized spacial score (nSPS) is 19.6. The molecule has 0 fully saturated rings. The highest BCUT2D eigenvalue weighted by molar-refractivity contribution is 5.90. The lowest BCUT2D eigenvalue weighted by molar-refractivity contribution is 0.0993. The lowest BCUT2D eigenvalue weighted by Crippen LogP contribution is -2.21. The van der Waals surface area contributed by atoms with Crippen molar-refractivity contribution < 1.29 is 9.53 Å². The van der Waals surface area contributed by atoms with Gasteiger partial charge in [-0.25, -0.2) is 4.98 Å². The molecule has 0 spiro atoms. The van der Waals surface area contributed by atoms with Gasteiger partial charge in [-0.3, -0.25) is 4.79 Å². The monoisotopic (exact) mass is 192 g/mol. The summed E-state index contributed by atoms with van der Waals surface area (Å²) in [6.07, 6.45) is 0.946. The van der Waals surface area contributed by atoms with Crippen LogP contribution in [0, 0.1) is 5.92 Å². The van der Waals surface area contributed by atoms with Crippen LogP contribution in [-0.2, 0) is 6.42 Å². The number of primary amides is 1. The van der Waals surface area contributed by atoms with Gasteiger partial charge in [-0.15, -0.1) is 0 Å². The number of rotatable bonds is 1. The molecule has 0 aliphatic carbocycles. The van der Waals surface area contributed by atoms with Gasteiger partial charge < -0.3 is 10.5 Å². The number of carbonyl (C=O) groups is 1. The maximum Gasteiger partial charge on any atom is 0.267 e. The van der Waals surface area contributed by atoms with Crippen LogP contribution in [0.15, 0.2) is 12.1 Å². The van der Waals surface area contributed by atoms with E-state index in [0.717, 1.165) is 12.0 Å². The Kier molecular flexibility index (Phi) is 2.11. The SMILES string of the molecule is CC1COc2nc(C(N)=O)ccc2C1. The number of nitrogens with two attached hydrogens (primary N) is 1. The molecule has 14 heavy (non-hydrogen) atoms. The minimum atomic E-state index is -0.518. The Morgan fingerprint density at radius 3 is 3.14 bits per heavy atom. The number of amides is 1. The van der Waals surface area contributed by atoms with Crippen molar-refractivity contribution in [2.45, 2.75) is 13.3 Å². The van der Waals surface area contributed by atoms with E-state index in [0.29, 0.717) is 18.4 Å². The number of hydrogen-bond acceptors (Lipinski definition) is 3. The van der Waals surface area contributed by atoms with Crippen LogP contribution in [0.4, 0.5) is 0 Å². The summed E-state index contributed by atoms with van der Waals surface area (Å²) in [4.78, 5) is 14.9. The Balaban J connectivity index is 2.36. The van der Waals surface area contributed by atoms with Gasteiger partial charge in [0.15, 0.2) is 0 Å². The van der Waals surface area contributed by atoms with Gasteiger partial charge in [-0.05, 0) is 18.4 Å². The fraction of sp³-hybridized carbons (Fsp3) is 0.400. The molecule has 0 saturated carbocycles. The van der Waals surface area contributed by atoms with E-state index in [1.54, 1.807) is 6.07 Å². The van der Waals surface area contributed by atoms with Crippen molar-refractivity contribution >= 4 is 5.91 Å². The van der Waals surface area contributed by atoms with Crippen LogP contribution < -0.4 is 10.5 Å². The molecule has 0 saturated heterocycles. The second-order valence-corrected chi connectivity index (χ2v) is 3.65. The molecule has 1 aromatic rings. The molecule has 1 amide bonds. The number of ether oxygens (including phenoxy) is 1. The maximum atomic E-state index is 10.9. The summed E-state index contributed by atoms with van der Waals surface area (Å²) in [5.74, 6) is 0.540. The fourth-order valence-corrected chi connectivity index (χ4v) is 1.54. The molecule has 1 atom stereocenters. The first-order valence-corrected chi connectivity index (χ1v) is 4.59. The highest BCUT2D eigenvalue weighted by atomic mass is 16.5. The summed E-state index contributed by atoms with van der Waals surface area (Å²) < 4.78 is 5.41. The predicted octanol–water partition coefficient (Wildman–Crippen LogP) is 0.752. The molecule has 74 valence electrons. The number of fused-ring (bicyclic) bond motifs is 1. The van der Waals surface area contributed by atoms with E-state index < -0.39 is 5.91 Å². The third kappa shape index (κ3) is 1.55. The van der Waals surface area contributed by atoms with Crippen LogP contribution in [0.3, 0.4) is 0 Å². The van der Waals surface area contributed by atoms with E-state index in [4.69, 9.17) is 10.5 Å². The molecule has 4 heteroatoms. The van der Waals surface area contributed by atoms with Crippen molar-refractivity contribution in [2.75, 3.05) is 6.61 Å². The lowest BCUT2D eigenvalue weighted by Gasteiger charge is -2.21. The minimum Gasteiger partial charge on any atom is -0.477 e. The largest absolute Gasteiger partial charge is 0.477 e. The van der Waals surface area contributed by atoms with Crippen molar-refractivity contribution in [2.24, 2.45) is 11.7 Å². The standard InChI is InChI=1S/C10H12N2O2/c1-6-4-7-2-3-8(9(11)13)12-10(7)14-5-6/h2-3,6H,4-5H2,1H3,(H2,11,13). The van der Waals surface area contributed by atoms with E-state index in [-0.39, 0.29) is 5.69 Å². The quantitative estimate of drug-likeness (QED) is 0.714. The predicted molar refractivity (Wildman–Crippen MR) is 51.1 cm³/mol. The van der Waals surface area contributed by atoms with Crippen LogP contribution in [0.2, 0.25) is 0 Å². The van der Waals surface area contributed by atoms with Gasteiger partial charge in [-0.2, -0.15) is 0 Å². The maximum absolute atomic E-state index is 10.9. The van der Waals surface area contributed by atoms with Gasteiger partial charge in [0, 0.05) is 5.56 Å². The molecule has 1 aromatic heterocycles. The molecule has 1 aliphatic heterocycles. The smallest absolute Gasteiger partial charge is 0.267 e. The van der Waals surface area contributed by atoms with E-state index >= 15 is 0 Å². The zero-order valence-corrected chi connectivity index (χ0v) is 7.99. The molecule has 2 rings (SSSR count). The number of hydrogen-bond donors (Lipinski definition) is 1. The molecule has 2 N–H and O–H groups in total. The average molecular weight is 192 g/mol. The van der Waals surface area contributed by atoms with Gasteiger partial charge in [0.05, 0.1) is 6.61 Å². The topological polar surface area (TPSA) is 65.2 Å². The molecule has 1 aliphatic rings. The van der Waals surface area contributed by atoms with Crippen LogP contribution >= 0.6 is 0 Å². The number of carbonyl (C=O) groups excluding carboxylic acids is 1. The first kappa shape index (κ1) is 8.99. The Bertz CT molecular complexity index is 376. The van der Waals surface area contributed by atoms with Crippen LogP contribution in [-0.4, -0.2) is 17.5 Å². The van der Waals surface area contributed by atoms with Crippen molar-refractivity contribution in [3.8, 4) is 5.88 Å². The van der Waals surface area contributed by atoms with E-state index in [1.165, 1.54) is 0 Å². The summed E-state index contributed by atoms with van der Waals surface area (Å²) in [6.45, 7) is 2.77. The Morgan fingerprint density at radius 1 is 1.64 bits per heavy atom. The second-order valence-electron chi connectivity index (χ2n) is 3.65. The molecule has 0 radical (unpaired) electrons. The molecular formula is C10H12N2O2. The number of nitrogens with zero attached hydrogens (tertiary/aromatic N) is 1. The average Bonchev–Trinajstić information content (AvgIpc) is 2.16. The number of pyridine rings is 1.